The van der Waals surface area contributed by atoms with Crippen molar-refractivity contribution in [1.29, 1.82) is 5.26 Å². The lowest BCUT2D eigenvalue weighted by molar-refractivity contribution is 0.801. The fourth-order valence-corrected chi connectivity index (χ4v) is 2.88. The van der Waals surface area contributed by atoms with Crippen molar-refractivity contribution in [2.24, 2.45) is 0 Å². The van der Waals surface area contributed by atoms with Gasteiger partial charge in [0.2, 0.25) is 0 Å². The third-order valence-corrected chi connectivity index (χ3v) is 4.21. The maximum atomic E-state index is 9.24. The maximum absolute atomic E-state index is 9.24. The molecule has 0 aliphatic rings. The van der Waals surface area contributed by atoms with Gasteiger partial charge in [-0.05, 0) is 42.5 Å². The van der Waals surface area contributed by atoms with Crippen molar-refractivity contribution in [2.45, 2.75) is 13.8 Å². The van der Waals surface area contributed by atoms with Crippen LogP contribution >= 0.6 is 11.3 Å². The molecule has 20 heavy (non-hydrogen) atoms. The fourth-order valence-electron chi connectivity index (χ4n) is 2.13. The number of aryl methyl sites for hydroxylation is 1. The van der Waals surface area contributed by atoms with Crippen molar-refractivity contribution in [3.8, 4) is 22.3 Å². The van der Waals surface area contributed by atoms with Gasteiger partial charge in [-0.1, -0.05) is 23.4 Å². The molecule has 0 bridgehead atoms. The van der Waals surface area contributed by atoms with Gasteiger partial charge in [0.15, 0.2) is 5.69 Å². The molecule has 3 aromatic rings. The first-order valence-electron chi connectivity index (χ1n) is 6.18. The Kier molecular flexibility index (Phi) is 3.09. The lowest BCUT2D eigenvalue weighted by Gasteiger charge is -2.10. The minimum atomic E-state index is 0.355. The number of rotatable bonds is 2. The van der Waals surface area contributed by atoms with E-state index in [9.17, 15) is 5.26 Å². The second kappa shape index (κ2) is 4.91. The van der Waals surface area contributed by atoms with Crippen LogP contribution in [0.15, 0.2) is 35.7 Å². The zero-order valence-corrected chi connectivity index (χ0v) is 12.0. The molecule has 2 heterocycles. The lowest BCUT2D eigenvalue weighted by Crippen LogP contribution is -2.02. The smallest absolute Gasteiger partial charge is 0.191 e. The zero-order chi connectivity index (χ0) is 14.1. The first kappa shape index (κ1) is 12.6. The summed E-state index contributed by atoms with van der Waals surface area (Å²) in [5.74, 6) is 0. The summed E-state index contributed by atoms with van der Waals surface area (Å²) >= 11 is 1.58. The first-order chi connectivity index (χ1) is 9.72. The van der Waals surface area contributed by atoms with E-state index in [4.69, 9.17) is 0 Å². The molecule has 0 radical (unpaired) electrons. The number of benzene rings is 1. The van der Waals surface area contributed by atoms with E-state index in [-0.39, 0.29) is 0 Å². The summed E-state index contributed by atoms with van der Waals surface area (Å²) in [5.41, 5.74) is 4.40. The molecule has 0 N–H and O–H groups in total. The van der Waals surface area contributed by atoms with Crippen LogP contribution in [-0.4, -0.2) is 15.0 Å². The second-order valence-corrected chi connectivity index (χ2v) is 5.45. The predicted octanol–water partition coefficient (Wildman–Crippen LogP) is 3.48. The summed E-state index contributed by atoms with van der Waals surface area (Å²) < 4.78 is 1.76. The van der Waals surface area contributed by atoms with Crippen molar-refractivity contribution in [2.75, 3.05) is 0 Å². The number of nitriles is 1. The standard InChI is InChI=1S/C15H12N4S/c1-10-5-3-6-13(11(10)2)19-15(12(9-16)17-18-19)14-7-4-8-20-14/h3-8H,1-2H3. The van der Waals surface area contributed by atoms with Gasteiger partial charge in [0.1, 0.15) is 11.8 Å². The molecule has 2 aromatic heterocycles. The van der Waals surface area contributed by atoms with Crippen LogP contribution in [0, 0.1) is 25.2 Å². The Balaban J connectivity index is 2.29. The average molecular weight is 280 g/mol. The molecule has 0 amide bonds. The predicted molar refractivity (Wildman–Crippen MR) is 78.9 cm³/mol. The first-order valence-corrected chi connectivity index (χ1v) is 7.06. The number of thiophene rings is 1. The fraction of sp³-hybridized carbons (Fsp3) is 0.133. The Hall–Kier alpha value is -2.45. The van der Waals surface area contributed by atoms with Crippen molar-refractivity contribution < 1.29 is 0 Å². The highest BCUT2D eigenvalue weighted by atomic mass is 32.1. The van der Waals surface area contributed by atoms with Crippen LogP contribution in [-0.2, 0) is 0 Å². The molecule has 3 rings (SSSR count). The second-order valence-electron chi connectivity index (χ2n) is 4.51. The molecular formula is C15H12N4S. The monoisotopic (exact) mass is 280 g/mol. The summed E-state index contributed by atoms with van der Waals surface area (Å²) in [6, 6.07) is 12.1. The van der Waals surface area contributed by atoms with Gasteiger partial charge in [-0.25, -0.2) is 4.68 Å². The van der Waals surface area contributed by atoms with E-state index in [0.29, 0.717) is 5.69 Å². The summed E-state index contributed by atoms with van der Waals surface area (Å²) in [6.45, 7) is 4.11. The Morgan fingerprint density at radius 1 is 1.20 bits per heavy atom. The SMILES string of the molecule is Cc1cccc(-n2nnc(C#N)c2-c2cccs2)c1C. The molecule has 0 spiro atoms. The minimum absolute atomic E-state index is 0.355. The van der Waals surface area contributed by atoms with Gasteiger partial charge in [0, 0.05) is 0 Å². The molecule has 1 aromatic carbocycles. The molecule has 0 saturated carbocycles. The van der Waals surface area contributed by atoms with Gasteiger partial charge in [-0.15, -0.1) is 16.4 Å². The Morgan fingerprint density at radius 3 is 2.75 bits per heavy atom. The van der Waals surface area contributed by atoms with E-state index >= 15 is 0 Å². The van der Waals surface area contributed by atoms with Crippen LogP contribution < -0.4 is 0 Å². The van der Waals surface area contributed by atoms with Gasteiger partial charge in [-0.2, -0.15) is 5.26 Å². The molecule has 98 valence electrons. The van der Waals surface area contributed by atoms with Crippen LogP contribution in [0.25, 0.3) is 16.3 Å². The van der Waals surface area contributed by atoms with Crippen LogP contribution in [0.3, 0.4) is 0 Å². The van der Waals surface area contributed by atoms with E-state index in [2.05, 4.69) is 36.3 Å². The van der Waals surface area contributed by atoms with Crippen LogP contribution in [0.5, 0.6) is 0 Å². The van der Waals surface area contributed by atoms with Crippen molar-refractivity contribution in [3.05, 3.63) is 52.5 Å². The summed E-state index contributed by atoms with van der Waals surface area (Å²) in [7, 11) is 0. The quantitative estimate of drug-likeness (QED) is 0.722. The zero-order valence-electron chi connectivity index (χ0n) is 11.2. The summed E-state index contributed by atoms with van der Waals surface area (Å²) in [4.78, 5) is 0.993. The average Bonchev–Trinajstić information content (AvgIpc) is 3.09. The summed E-state index contributed by atoms with van der Waals surface area (Å²) in [5, 5.41) is 19.4. The van der Waals surface area contributed by atoms with Crippen molar-refractivity contribution in [3.63, 3.8) is 0 Å². The Morgan fingerprint density at radius 2 is 2.05 bits per heavy atom. The minimum Gasteiger partial charge on any atom is -0.210 e. The third-order valence-electron chi connectivity index (χ3n) is 3.33. The number of hydrogen-bond acceptors (Lipinski definition) is 4. The number of hydrogen-bond donors (Lipinski definition) is 0. The van der Waals surface area contributed by atoms with E-state index in [1.54, 1.807) is 16.0 Å². The summed E-state index contributed by atoms with van der Waals surface area (Å²) in [6.07, 6.45) is 0. The van der Waals surface area contributed by atoms with Crippen molar-refractivity contribution >= 4 is 11.3 Å². The normalized spacial score (nSPS) is 10.4. The largest absolute Gasteiger partial charge is 0.210 e. The van der Waals surface area contributed by atoms with Gasteiger partial charge < -0.3 is 0 Å². The molecule has 0 fully saturated rings. The number of aromatic nitrogens is 3. The van der Waals surface area contributed by atoms with Gasteiger partial charge in [-0.3, -0.25) is 0 Å². The molecule has 0 atom stereocenters. The van der Waals surface area contributed by atoms with Gasteiger partial charge >= 0.3 is 0 Å². The third kappa shape index (κ3) is 1.91. The van der Waals surface area contributed by atoms with E-state index in [1.165, 1.54) is 5.56 Å². The molecule has 0 aliphatic heterocycles. The van der Waals surface area contributed by atoms with E-state index in [1.807, 2.05) is 29.6 Å². The van der Waals surface area contributed by atoms with Crippen LogP contribution in [0.1, 0.15) is 16.8 Å². The molecular weight excluding hydrogens is 268 g/mol. The molecule has 0 saturated heterocycles. The lowest BCUT2D eigenvalue weighted by atomic mass is 10.1. The highest BCUT2D eigenvalue weighted by Gasteiger charge is 2.18. The van der Waals surface area contributed by atoms with E-state index in [0.717, 1.165) is 21.8 Å². The Labute approximate surface area is 120 Å². The topological polar surface area (TPSA) is 54.5 Å². The van der Waals surface area contributed by atoms with Crippen molar-refractivity contribution in [1.82, 2.24) is 15.0 Å². The highest BCUT2D eigenvalue weighted by Crippen LogP contribution is 2.30. The maximum Gasteiger partial charge on any atom is 0.191 e. The van der Waals surface area contributed by atoms with Gasteiger partial charge in [0.25, 0.3) is 0 Å². The number of nitrogens with zero attached hydrogens (tertiary/aromatic N) is 4. The van der Waals surface area contributed by atoms with Crippen LogP contribution in [0.2, 0.25) is 0 Å². The van der Waals surface area contributed by atoms with E-state index < -0.39 is 0 Å². The molecule has 0 aliphatic carbocycles. The van der Waals surface area contributed by atoms with Gasteiger partial charge in [0.05, 0.1) is 10.6 Å². The molecule has 0 unspecified atom stereocenters. The van der Waals surface area contributed by atoms with Crippen LogP contribution in [0.4, 0.5) is 0 Å². The molecule has 4 nitrogen and oxygen atoms in total. The molecule has 5 heteroatoms. The highest BCUT2D eigenvalue weighted by molar-refractivity contribution is 7.13. The Bertz CT molecular complexity index is 794.